The summed E-state index contributed by atoms with van der Waals surface area (Å²) in [4.78, 5) is 25.4. The number of Topliss-reactive ketones (excluding diaryl/α,β-unsaturated/α-hetero) is 1. The number of benzene rings is 2. The molecule has 0 unspecified atom stereocenters. The number of hydrogen-bond acceptors (Lipinski definition) is 2. The maximum Gasteiger partial charge on any atom is 0.309 e. The highest BCUT2D eigenvalue weighted by Crippen LogP contribution is 2.35. The quantitative estimate of drug-likeness (QED) is 0.375. The van der Waals surface area contributed by atoms with E-state index in [4.69, 9.17) is 11.6 Å². The fourth-order valence-electron chi connectivity index (χ4n) is 3.98. The number of carboxylic acids is 1. The van der Waals surface area contributed by atoms with E-state index in [1.807, 2.05) is 38.1 Å². The van der Waals surface area contributed by atoms with Crippen LogP contribution in [0.4, 0.5) is 0 Å². The molecule has 5 heteroatoms. The first-order chi connectivity index (χ1) is 14.9. The van der Waals surface area contributed by atoms with Gasteiger partial charge in [0.2, 0.25) is 0 Å². The molecule has 3 aromatic rings. The van der Waals surface area contributed by atoms with Crippen LogP contribution >= 0.6 is 11.6 Å². The van der Waals surface area contributed by atoms with Crippen molar-refractivity contribution in [1.29, 1.82) is 0 Å². The Bertz CT molecular complexity index is 1150. The minimum atomic E-state index is -1.01. The van der Waals surface area contributed by atoms with Crippen molar-refractivity contribution in [3.05, 3.63) is 69.9 Å². The number of rotatable bonds is 8. The van der Waals surface area contributed by atoms with Crippen molar-refractivity contribution in [2.45, 2.75) is 60.4 Å². The van der Waals surface area contributed by atoms with Crippen molar-refractivity contribution in [3.63, 3.8) is 0 Å². The third-order valence-electron chi connectivity index (χ3n) is 6.07. The third kappa shape index (κ3) is 4.75. The van der Waals surface area contributed by atoms with Gasteiger partial charge in [0.05, 0.1) is 5.41 Å². The first-order valence-corrected chi connectivity index (χ1v) is 11.5. The molecule has 1 heterocycles. The van der Waals surface area contributed by atoms with Crippen molar-refractivity contribution in [1.82, 2.24) is 4.57 Å². The minimum Gasteiger partial charge on any atom is -0.481 e. The summed E-state index contributed by atoms with van der Waals surface area (Å²) in [6, 6.07) is 13.9. The summed E-state index contributed by atoms with van der Waals surface area (Å²) >= 11 is 6.07. The van der Waals surface area contributed by atoms with Gasteiger partial charge in [0, 0.05) is 46.1 Å². The van der Waals surface area contributed by atoms with E-state index in [1.54, 1.807) is 13.8 Å². The highest BCUT2D eigenvalue weighted by atomic mass is 35.5. The van der Waals surface area contributed by atoms with Crippen LogP contribution in [0.25, 0.3) is 10.9 Å². The van der Waals surface area contributed by atoms with Gasteiger partial charge in [-0.25, -0.2) is 0 Å². The lowest BCUT2D eigenvalue weighted by atomic mass is 9.85. The van der Waals surface area contributed by atoms with Gasteiger partial charge < -0.3 is 9.67 Å². The molecule has 0 fully saturated rings. The van der Waals surface area contributed by atoms with Crippen molar-refractivity contribution < 1.29 is 14.7 Å². The van der Waals surface area contributed by atoms with Crippen LogP contribution in [0.1, 0.15) is 74.6 Å². The molecule has 1 N–H and O–H groups in total. The number of hydrogen-bond donors (Lipinski definition) is 1. The Morgan fingerprint density at radius 3 is 2.19 bits per heavy atom. The Labute approximate surface area is 195 Å². The van der Waals surface area contributed by atoms with E-state index >= 15 is 0 Å². The van der Waals surface area contributed by atoms with Crippen molar-refractivity contribution in [2.75, 3.05) is 0 Å². The molecule has 0 radical (unpaired) electrons. The molecular formula is C27H32ClNO3. The molecule has 0 saturated carbocycles. The predicted octanol–water partition coefficient (Wildman–Crippen LogP) is 6.96. The van der Waals surface area contributed by atoms with Crippen molar-refractivity contribution in [2.24, 2.45) is 11.3 Å². The molecule has 0 amide bonds. The van der Waals surface area contributed by atoms with E-state index in [1.165, 1.54) is 0 Å². The van der Waals surface area contributed by atoms with Crippen LogP contribution in [0.15, 0.2) is 42.5 Å². The average Bonchev–Trinajstić information content (AvgIpc) is 3.00. The lowest BCUT2D eigenvalue weighted by molar-refractivity contribution is -0.146. The molecule has 0 bridgehead atoms. The van der Waals surface area contributed by atoms with E-state index in [0.717, 1.165) is 27.7 Å². The van der Waals surface area contributed by atoms with E-state index < -0.39 is 11.4 Å². The molecule has 170 valence electrons. The zero-order valence-electron chi connectivity index (χ0n) is 19.7. The molecule has 3 rings (SSSR count). The number of halogens is 1. The van der Waals surface area contributed by atoms with E-state index in [0.29, 0.717) is 23.0 Å². The summed E-state index contributed by atoms with van der Waals surface area (Å²) in [6.07, 6.45) is 0.259. The molecule has 32 heavy (non-hydrogen) atoms. The zero-order valence-corrected chi connectivity index (χ0v) is 20.5. The van der Waals surface area contributed by atoms with Crippen LogP contribution in [0.5, 0.6) is 0 Å². The monoisotopic (exact) mass is 453 g/mol. The normalized spacial score (nSPS) is 12.2. The molecular weight excluding hydrogens is 422 g/mol. The molecule has 0 aliphatic heterocycles. The Kier molecular flexibility index (Phi) is 6.85. The standard InChI is InChI=1S/C27H32ClNO3/c1-16(2)19-9-12-22-21(13-19)24(25(30)17(3)4)23(14-27(5,6)26(31)32)29(22)15-18-7-10-20(28)11-8-18/h7-13,16-17H,14-15H2,1-6H3,(H,31,32). The molecule has 0 saturated heterocycles. The molecule has 1 aromatic heterocycles. The number of nitrogens with zero attached hydrogens (tertiary/aromatic N) is 1. The molecule has 0 atom stereocenters. The second kappa shape index (κ2) is 9.11. The summed E-state index contributed by atoms with van der Waals surface area (Å²) in [5, 5.41) is 11.4. The second-order valence-corrected chi connectivity index (χ2v) is 10.3. The lowest BCUT2D eigenvalue weighted by Gasteiger charge is -2.22. The Balaban J connectivity index is 2.34. The number of ketones is 1. The zero-order chi connectivity index (χ0) is 23.8. The van der Waals surface area contributed by atoms with Gasteiger partial charge in [-0.3, -0.25) is 9.59 Å². The van der Waals surface area contributed by atoms with Crippen LogP contribution in [0.3, 0.4) is 0 Å². The molecule has 4 nitrogen and oxygen atoms in total. The van der Waals surface area contributed by atoms with Gasteiger partial charge in [0.25, 0.3) is 0 Å². The van der Waals surface area contributed by atoms with Gasteiger partial charge >= 0.3 is 5.97 Å². The third-order valence-corrected chi connectivity index (χ3v) is 6.33. The van der Waals surface area contributed by atoms with E-state index in [-0.39, 0.29) is 18.1 Å². The molecule has 2 aromatic carbocycles. The molecule has 0 aliphatic carbocycles. The van der Waals surface area contributed by atoms with Crippen molar-refractivity contribution >= 4 is 34.3 Å². The van der Waals surface area contributed by atoms with Crippen LogP contribution < -0.4 is 0 Å². The first kappa shape index (κ1) is 24.1. The van der Waals surface area contributed by atoms with Crippen LogP contribution in [0, 0.1) is 11.3 Å². The van der Waals surface area contributed by atoms with Gasteiger partial charge in [0.1, 0.15) is 0 Å². The van der Waals surface area contributed by atoms with Gasteiger partial charge in [-0.1, -0.05) is 57.5 Å². The maximum atomic E-state index is 13.4. The van der Waals surface area contributed by atoms with Crippen LogP contribution in [0.2, 0.25) is 5.02 Å². The smallest absolute Gasteiger partial charge is 0.309 e. The highest BCUT2D eigenvalue weighted by molar-refractivity contribution is 6.30. The number of aliphatic carboxylic acids is 1. The summed E-state index contributed by atoms with van der Waals surface area (Å²) < 4.78 is 2.11. The maximum absolute atomic E-state index is 13.4. The van der Waals surface area contributed by atoms with Crippen LogP contribution in [-0.4, -0.2) is 21.4 Å². The second-order valence-electron chi connectivity index (χ2n) is 9.85. The topological polar surface area (TPSA) is 59.3 Å². The fraction of sp³-hybridized carbons (Fsp3) is 0.407. The highest BCUT2D eigenvalue weighted by Gasteiger charge is 2.33. The van der Waals surface area contributed by atoms with Gasteiger partial charge in [0.15, 0.2) is 5.78 Å². The van der Waals surface area contributed by atoms with E-state index in [9.17, 15) is 14.7 Å². The summed E-state index contributed by atoms with van der Waals surface area (Å²) in [5.41, 5.74) is 3.56. The number of carbonyl (C=O) groups excluding carboxylic acids is 1. The van der Waals surface area contributed by atoms with Gasteiger partial charge in [-0.2, -0.15) is 0 Å². The lowest BCUT2D eigenvalue weighted by Crippen LogP contribution is -2.28. The molecule has 0 aliphatic rings. The number of carboxylic acid groups (broad SMARTS) is 1. The Morgan fingerprint density at radius 2 is 1.66 bits per heavy atom. The average molecular weight is 454 g/mol. The largest absolute Gasteiger partial charge is 0.481 e. The van der Waals surface area contributed by atoms with Gasteiger partial charge in [-0.05, 0) is 55.2 Å². The Morgan fingerprint density at radius 1 is 1.03 bits per heavy atom. The number of aromatic nitrogens is 1. The van der Waals surface area contributed by atoms with E-state index in [2.05, 4.69) is 36.6 Å². The predicted molar refractivity (Wildman–Crippen MR) is 131 cm³/mol. The first-order valence-electron chi connectivity index (χ1n) is 11.1. The molecule has 0 spiro atoms. The number of fused-ring (bicyclic) bond motifs is 1. The summed E-state index contributed by atoms with van der Waals surface area (Å²) in [5.74, 6) is -0.715. The fourth-order valence-corrected chi connectivity index (χ4v) is 4.10. The van der Waals surface area contributed by atoms with Crippen molar-refractivity contribution in [3.8, 4) is 0 Å². The number of carbonyl (C=O) groups is 2. The SMILES string of the molecule is CC(C)C(=O)c1c(CC(C)(C)C(=O)O)n(Cc2ccc(Cl)cc2)c2ccc(C(C)C)cc12. The summed E-state index contributed by atoms with van der Waals surface area (Å²) in [7, 11) is 0. The van der Waals surface area contributed by atoms with Crippen LogP contribution in [-0.2, 0) is 17.8 Å². The Hall–Kier alpha value is -2.59. The minimum absolute atomic E-state index is 0.0435. The van der Waals surface area contributed by atoms with Gasteiger partial charge in [-0.15, -0.1) is 0 Å². The summed E-state index contributed by atoms with van der Waals surface area (Å²) in [6.45, 7) is 12.0.